The molecule has 0 atom stereocenters. The molecule has 96 valence electrons. The van der Waals surface area contributed by atoms with Gasteiger partial charge in [-0.15, -0.1) is 0 Å². The maximum Gasteiger partial charge on any atom is 0.120 e. The van der Waals surface area contributed by atoms with Gasteiger partial charge in [0.25, 0.3) is 0 Å². The first-order valence-electron chi connectivity index (χ1n) is 6.62. The van der Waals surface area contributed by atoms with Crippen LogP contribution in [0.15, 0.2) is 36.5 Å². The van der Waals surface area contributed by atoms with Gasteiger partial charge in [-0.2, -0.15) is 5.26 Å². The molecule has 0 fully saturated rings. The molecule has 2 aromatic rings. The second kappa shape index (κ2) is 4.91. The highest BCUT2D eigenvalue weighted by molar-refractivity contribution is 5.33. The van der Waals surface area contributed by atoms with Gasteiger partial charge in [-0.05, 0) is 35.6 Å². The minimum Gasteiger partial charge on any atom is -0.342 e. The topological polar surface area (TPSA) is 40.8 Å². The largest absolute Gasteiger partial charge is 0.342 e. The van der Waals surface area contributed by atoms with Crippen molar-refractivity contribution in [3.63, 3.8) is 0 Å². The molecule has 1 aromatic heterocycles. The number of nitrogens with zero attached hydrogens (tertiary/aromatic N) is 2. The van der Waals surface area contributed by atoms with E-state index in [0.29, 0.717) is 11.7 Å². The summed E-state index contributed by atoms with van der Waals surface area (Å²) in [6.45, 7) is 0.828. The third kappa shape index (κ3) is 2.40. The van der Waals surface area contributed by atoms with E-state index in [1.54, 1.807) is 0 Å². The Kier molecular flexibility index (Phi) is 3.10. The summed E-state index contributed by atoms with van der Waals surface area (Å²) in [6.07, 6.45) is 4.23. The Morgan fingerprint density at radius 3 is 2.58 bits per heavy atom. The number of hydrogen-bond acceptors (Lipinski definition) is 2. The molecule has 19 heavy (non-hydrogen) atoms. The summed E-state index contributed by atoms with van der Waals surface area (Å²) >= 11 is 0. The van der Waals surface area contributed by atoms with Gasteiger partial charge < -0.3 is 9.88 Å². The van der Waals surface area contributed by atoms with Gasteiger partial charge in [0, 0.05) is 25.8 Å². The zero-order valence-corrected chi connectivity index (χ0v) is 11.1. The average molecular weight is 251 g/mol. The van der Waals surface area contributed by atoms with Crippen molar-refractivity contribution in [3.8, 4) is 6.07 Å². The molecule has 0 bridgehead atoms. The quantitative estimate of drug-likeness (QED) is 0.908. The summed E-state index contributed by atoms with van der Waals surface area (Å²) in [6, 6.07) is 13.3. The lowest BCUT2D eigenvalue weighted by Crippen LogP contribution is -2.28. The van der Waals surface area contributed by atoms with Crippen LogP contribution in [0.1, 0.15) is 22.4 Å². The molecule has 0 amide bonds. The molecule has 0 aliphatic heterocycles. The Morgan fingerprint density at radius 1 is 1.32 bits per heavy atom. The molecule has 1 aromatic carbocycles. The Hall–Kier alpha value is -2.05. The minimum atomic E-state index is 0.517. The summed E-state index contributed by atoms with van der Waals surface area (Å²) in [5.74, 6) is 0. The summed E-state index contributed by atoms with van der Waals surface area (Å²) in [5.41, 5.74) is 4.82. The van der Waals surface area contributed by atoms with Gasteiger partial charge in [0.05, 0.1) is 0 Å². The highest BCUT2D eigenvalue weighted by Crippen LogP contribution is 2.21. The number of nitrogens with one attached hydrogen (secondary N) is 1. The number of aryl methyl sites for hydroxylation is 1. The molecular formula is C16H17N3. The van der Waals surface area contributed by atoms with Gasteiger partial charge in [0.1, 0.15) is 11.8 Å². The first kappa shape index (κ1) is 12.0. The van der Waals surface area contributed by atoms with Gasteiger partial charge in [0.2, 0.25) is 0 Å². The molecule has 1 aliphatic carbocycles. The summed E-state index contributed by atoms with van der Waals surface area (Å²) in [5, 5.41) is 12.5. The van der Waals surface area contributed by atoms with E-state index in [-0.39, 0.29) is 0 Å². The van der Waals surface area contributed by atoms with E-state index in [0.717, 1.165) is 19.4 Å². The van der Waals surface area contributed by atoms with Crippen molar-refractivity contribution in [1.29, 1.82) is 5.26 Å². The van der Waals surface area contributed by atoms with E-state index in [1.165, 1.54) is 16.7 Å². The van der Waals surface area contributed by atoms with Crippen molar-refractivity contribution < 1.29 is 0 Å². The first-order chi connectivity index (χ1) is 9.26. The average Bonchev–Trinajstić information content (AvgIpc) is 2.98. The molecule has 1 N–H and O–H groups in total. The predicted octanol–water partition coefficient (Wildman–Crippen LogP) is 2.15. The van der Waals surface area contributed by atoms with Gasteiger partial charge in [-0.25, -0.2) is 0 Å². The van der Waals surface area contributed by atoms with E-state index in [2.05, 4.69) is 35.7 Å². The number of hydrogen-bond donors (Lipinski definition) is 1. The lowest BCUT2D eigenvalue weighted by molar-refractivity contribution is 0.533. The Balaban J connectivity index is 1.61. The Bertz CT molecular complexity index is 609. The number of aromatic nitrogens is 1. The number of nitriles is 1. The van der Waals surface area contributed by atoms with Gasteiger partial charge in [-0.1, -0.05) is 24.3 Å². The fourth-order valence-corrected chi connectivity index (χ4v) is 2.81. The maximum atomic E-state index is 8.94. The predicted molar refractivity (Wildman–Crippen MR) is 74.6 cm³/mol. The molecule has 0 radical (unpaired) electrons. The molecule has 3 rings (SSSR count). The van der Waals surface area contributed by atoms with E-state index < -0.39 is 0 Å². The number of rotatable bonds is 3. The summed E-state index contributed by atoms with van der Waals surface area (Å²) in [7, 11) is 1.91. The van der Waals surface area contributed by atoms with Crippen LogP contribution in [0.25, 0.3) is 0 Å². The maximum absolute atomic E-state index is 8.94. The van der Waals surface area contributed by atoms with Crippen molar-refractivity contribution in [1.82, 2.24) is 9.88 Å². The molecule has 1 aliphatic rings. The lowest BCUT2D eigenvalue weighted by Gasteiger charge is -2.10. The molecule has 0 saturated carbocycles. The smallest absolute Gasteiger partial charge is 0.120 e. The Labute approximate surface area is 113 Å². The standard InChI is InChI=1S/C16H17N3/c1-19-11-12(6-16(19)9-17)10-18-15-7-13-4-2-3-5-14(13)8-15/h2-6,11,15,18H,7-8,10H2,1H3. The zero-order chi connectivity index (χ0) is 13.2. The molecule has 3 heteroatoms. The van der Waals surface area contributed by atoms with Crippen LogP contribution in [0, 0.1) is 11.3 Å². The second-order valence-electron chi connectivity index (χ2n) is 5.21. The molecule has 1 heterocycles. The number of benzene rings is 1. The molecule has 0 unspecified atom stereocenters. The van der Waals surface area contributed by atoms with Crippen LogP contribution in [-0.2, 0) is 26.4 Å². The molecule has 3 nitrogen and oxygen atoms in total. The third-order valence-corrected chi connectivity index (χ3v) is 3.82. The zero-order valence-electron chi connectivity index (χ0n) is 11.1. The van der Waals surface area contributed by atoms with Crippen molar-refractivity contribution in [2.75, 3.05) is 0 Å². The normalized spacial score (nSPS) is 14.3. The van der Waals surface area contributed by atoms with Crippen molar-refractivity contribution in [3.05, 3.63) is 58.9 Å². The van der Waals surface area contributed by atoms with Crippen molar-refractivity contribution in [2.45, 2.75) is 25.4 Å². The minimum absolute atomic E-state index is 0.517. The third-order valence-electron chi connectivity index (χ3n) is 3.82. The fraction of sp³-hybridized carbons (Fsp3) is 0.312. The van der Waals surface area contributed by atoms with E-state index >= 15 is 0 Å². The van der Waals surface area contributed by atoms with Gasteiger partial charge in [-0.3, -0.25) is 0 Å². The summed E-state index contributed by atoms with van der Waals surface area (Å²) < 4.78 is 1.88. The summed E-state index contributed by atoms with van der Waals surface area (Å²) in [4.78, 5) is 0. The number of fused-ring (bicyclic) bond motifs is 1. The van der Waals surface area contributed by atoms with Crippen LogP contribution in [-0.4, -0.2) is 10.6 Å². The van der Waals surface area contributed by atoms with Crippen molar-refractivity contribution in [2.24, 2.45) is 7.05 Å². The molecular weight excluding hydrogens is 234 g/mol. The molecule has 0 spiro atoms. The SMILES string of the molecule is Cn1cc(CNC2Cc3ccccc3C2)cc1C#N. The highest BCUT2D eigenvalue weighted by atomic mass is 15.0. The molecule has 0 saturated heterocycles. The van der Waals surface area contributed by atoms with E-state index in [9.17, 15) is 0 Å². The lowest BCUT2D eigenvalue weighted by atomic mass is 10.1. The van der Waals surface area contributed by atoms with Crippen LogP contribution in [0.5, 0.6) is 0 Å². The monoisotopic (exact) mass is 251 g/mol. The van der Waals surface area contributed by atoms with Crippen LogP contribution < -0.4 is 5.32 Å². The van der Waals surface area contributed by atoms with Gasteiger partial charge in [0.15, 0.2) is 0 Å². The van der Waals surface area contributed by atoms with Crippen LogP contribution in [0.2, 0.25) is 0 Å². The van der Waals surface area contributed by atoms with E-state index in [1.807, 2.05) is 23.9 Å². The van der Waals surface area contributed by atoms with Crippen LogP contribution in [0.3, 0.4) is 0 Å². The second-order valence-corrected chi connectivity index (χ2v) is 5.21. The van der Waals surface area contributed by atoms with Crippen LogP contribution >= 0.6 is 0 Å². The van der Waals surface area contributed by atoms with E-state index in [4.69, 9.17) is 5.26 Å². The van der Waals surface area contributed by atoms with Crippen LogP contribution in [0.4, 0.5) is 0 Å². The fourth-order valence-electron chi connectivity index (χ4n) is 2.81. The van der Waals surface area contributed by atoms with Gasteiger partial charge >= 0.3 is 0 Å². The first-order valence-corrected chi connectivity index (χ1v) is 6.62. The van der Waals surface area contributed by atoms with Crippen molar-refractivity contribution >= 4 is 0 Å². The Morgan fingerprint density at radius 2 is 2.00 bits per heavy atom. The highest BCUT2D eigenvalue weighted by Gasteiger charge is 2.20.